The van der Waals surface area contributed by atoms with Gasteiger partial charge in [-0.3, -0.25) is 24.2 Å². The van der Waals surface area contributed by atoms with Gasteiger partial charge in [-0.2, -0.15) is 0 Å². The molecule has 7 heteroatoms. The number of carbonyl (C=O) groups excluding carboxylic acids is 3. The van der Waals surface area contributed by atoms with Gasteiger partial charge >= 0.3 is 5.91 Å². The molecule has 130 valence electrons. The van der Waals surface area contributed by atoms with Gasteiger partial charge in [0.25, 0.3) is 17.5 Å². The van der Waals surface area contributed by atoms with Crippen LogP contribution in [0, 0.1) is 0 Å². The molecule has 1 spiro atoms. The van der Waals surface area contributed by atoms with Crippen LogP contribution in [-0.4, -0.2) is 37.5 Å². The molecule has 1 saturated heterocycles. The molecule has 7 nitrogen and oxygen atoms in total. The van der Waals surface area contributed by atoms with Gasteiger partial charge < -0.3 is 9.47 Å². The Balaban J connectivity index is 1.57. The highest BCUT2D eigenvalue weighted by Crippen LogP contribution is 2.46. The number of amides is 2. The number of anilines is 2. The van der Waals surface area contributed by atoms with Gasteiger partial charge in [0.15, 0.2) is 0 Å². The third-order valence-corrected chi connectivity index (χ3v) is 4.93. The maximum Gasteiger partial charge on any atom is 0.300 e. The third kappa shape index (κ3) is 1.81. The fraction of sp³-hybridized carbons (Fsp3) is 0.211. The number of rotatable bonds is 2. The van der Waals surface area contributed by atoms with E-state index in [9.17, 15) is 14.4 Å². The predicted molar refractivity (Wildman–Crippen MR) is 90.6 cm³/mol. The van der Waals surface area contributed by atoms with Crippen LogP contribution in [0.4, 0.5) is 11.4 Å². The van der Waals surface area contributed by atoms with Crippen molar-refractivity contribution >= 4 is 29.0 Å². The highest BCUT2D eigenvalue weighted by atomic mass is 16.7. The Morgan fingerprint density at radius 1 is 0.846 bits per heavy atom. The molecule has 5 rings (SSSR count). The zero-order chi connectivity index (χ0) is 17.9. The first-order chi connectivity index (χ1) is 12.6. The van der Waals surface area contributed by atoms with Crippen molar-refractivity contribution in [3.63, 3.8) is 0 Å². The van der Waals surface area contributed by atoms with Crippen molar-refractivity contribution < 1.29 is 23.9 Å². The van der Waals surface area contributed by atoms with E-state index in [1.165, 1.54) is 9.80 Å². The standard InChI is InChI=1S/C19H14N2O5/c22-16-12-5-1-3-7-14(12)20(17(16)23)11-21-15-8-4-2-6-13(15)19(18(21)24)25-9-10-26-19/h1-8H,9-11H2. The van der Waals surface area contributed by atoms with Crippen molar-refractivity contribution in [3.05, 3.63) is 59.7 Å². The van der Waals surface area contributed by atoms with E-state index in [0.29, 0.717) is 35.7 Å². The Hall–Kier alpha value is -3.03. The molecule has 0 unspecified atom stereocenters. The first-order valence-corrected chi connectivity index (χ1v) is 8.28. The van der Waals surface area contributed by atoms with E-state index < -0.39 is 17.5 Å². The van der Waals surface area contributed by atoms with Gasteiger partial charge in [0.2, 0.25) is 0 Å². The van der Waals surface area contributed by atoms with Gasteiger partial charge in [0, 0.05) is 5.56 Å². The Bertz CT molecular complexity index is 964. The molecule has 2 aromatic rings. The van der Waals surface area contributed by atoms with Crippen LogP contribution >= 0.6 is 0 Å². The highest BCUT2D eigenvalue weighted by Gasteiger charge is 2.56. The minimum absolute atomic E-state index is 0.0775. The molecular weight excluding hydrogens is 336 g/mol. The van der Waals surface area contributed by atoms with E-state index in [1.54, 1.807) is 42.5 Å². The zero-order valence-corrected chi connectivity index (χ0v) is 13.7. The summed E-state index contributed by atoms with van der Waals surface area (Å²) in [7, 11) is 0. The summed E-state index contributed by atoms with van der Waals surface area (Å²) in [6, 6.07) is 13.9. The van der Waals surface area contributed by atoms with Crippen LogP contribution in [0.5, 0.6) is 0 Å². The maximum absolute atomic E-state index is 13.1. The molecule has 0 bridgehead atoms. The summed E-state index contributed by atoms with van der Waals surface area (Å²) in [6.45, 7) is 0.557. The molecule has 3 aliphatic heterocycles. The summed E-state index contributed by atoms with van der Waals surface area (Å²) in [5.74, 6) is -3.06. The lowest BCUT2D eigenvalue weighted by Crippen LogP contribution is -2.47. The smallest absolute Gasteiger partial charge is 0.300 e. The minimum atomic E-state index is -1.46. The SMILES string of the molecule is O=C1C(=O)N(CN2C(=O)C3(OCCO3)c3ccccc32)c2ccccc21. The number of ketones is 1. The summed E-state index contributed by atoms with van der Waals surface area (Å²) in [6.07, 6.45) is 0. The molecule has 2 aromatic carbocycles. The van der Waals surface area contributed by atoms with E-state index >= 15 is 0 Å². The van der Waals surface area contributed by atoms with Gasteiger partial charge in [-0.25, -0.2) is 0 Å². The van der Waals surface area contributed by atoms with Crippen molar-refractivity contribution in [1.29, 1.82) is 0 Å². The lowest BCUT2D eigenvalue weighted by molar-refractivity contribution is -0.180. The van der Waals surface area contributed by atoms with E-state index in [4.69, 9.17) is 9.47 Å². The van der Waals surface area contributed by atoms with Crippen LogP contribution < -0.4 is 9.80 Å². The van der Waals surface area contributed by atoms with Gasteiger partial charge in [-0.1, -0.05) is 30.3 Å². The van der Waals surface area contributed by atoms with Crippen LogP contribution in [0.25, 0.3) is 0 Å². The van der Waals surface area contributed by atoms with Gasteiger partial charge in [0.1, 0.15) is 6.67 Å². The summed E-state index contributed by atoms with van der Waals surface area (Å²) in [5, 5.41) is 0. The predicted octanol–water partition coefficient (Wildman–Crippen LogP) is 1.42. The number of hydrogen-bond acceptors (Lipinski definition) is 5. The number of ether oxygens (including phenoxy) is 2. The lowest BCUT2D eigenvalue weighted by Gasteiger charge is -2.26. The topological polar surface area (TPSA) is 76.2 Å². The Kier molecular flexibility index (Phi) is 3.07. The van der Waals surface area contributed by atoms with Crippen molar-refractivity contribution in [2.45, 2.75) is 5.79 Å². The third-order valence-electron chi connectivity index (χ3n) is 4.93. The molecule has 3 aliphatic rings. The molecule has 3 heterocycles. The molecule has 26 heavy (non-hydrogen) atoms. The number of nitrogens with zero attached hydrogens (tertiary/aromatic N) is 2. The van der Waals surface area contributed by atoms with Crippen molar-refractivity contribution in [2.24, 2.45) is 0 Å². The molecule has 2 amide bonds. The average Bonchev–Trinajstić information content (AvgIpc) is 3.32. The van der Waals surface area contributed by atoms with E-state index in [-0.39, 0.29) is 12.6 Å². The molecule has 0 radical (unpaired) electrons. The number of Topliss-reactive ketones (excluding diaryl/α,β-unsaturated/α-hetero) is 1. The second-order valence-corrected chi connectivity index (χ2v) is 6.28. The Morgan fingerprint density at radius 2 is 1.50 bits per heavy atom. The van der Waals surface area contributed by atoms with E-state index in [1.807, 2.05) is 6.07 Å². The number of hydrogen-bond donors (Lipinski definition) is 0. The quantitative estimate of drug-likeness (QED) is 0.766. The van der Waals surface area contributed by atoms with Crippen LogP contribution in [0.1, 0.15) is 15.9 Å². The number of carbonyl (C=O) groups is 3. The van der Waals surface area contributed by atoms with E-state index in [0.717, 1.165) is 0 Å². The second-order valence-electron chi connectivity index (χ2n) is 6.28. The fourth-order valence-corrected chi connectivity index (χ4v) is 3.75. The van der Waals surface area contributed by atoms with Crippen LogP contribution in [-0.2, 0) is 24.8 Å². The first-order valence-electron chi connectivity index (χ1n) is 8.28. The number of benzene rings is 2. The van der Waals surface area contributed by atoms with Gasteiger partial charge in [-0.05, 0) is 18.2 Å². The second kappa shape index (κ2) is 5.23. The van der Waals surface area contributed by atoms with E-state index in [2.05, 4.69) is 0 Å². The maximum atomic E-state index is 13.1. The minimum Gasteiger partial charge on any atom is -0.336 e. The Morgan fingerprint density at radius 3 is 2.27 bits per heavy atom. The monoisotopic (exact) mass is 350 g/mol. The number of para-hydroxylation sites is 2. The largest absolute Gasteiger partial charge is 0.336 e. The fourth-order valence-electron chi connectivity index (χ4n) is 3.75. The summed E-state index contributed by atoms with van der Waals surface area (Å²) < 4.78 is 11.3. The normalized spacial score (nSPS) is 20.2. The van der Waals surface area contributed by atoms with Crippen LogP contribution in [0.15, 0.2) is 48.5 Å². The molecule has 0 aromatic heterocycles. The molecule has 0 N–H and O–H groups in total. The lowest BCUT2D eigenvalue weighted by atomic mass is 10.1. The molecule has 0 atom stereocenters. The van der Waals surface area contributed by atoms with Crippen LogP contribution in [0.2, 0.25) is 0 Å². The van der Waals surface area contributed by atoms with Crippen molar-refractivity contribution in [3.8, 4) is 0 Å². The summed E-state index contributed by atoms with van der Waals surface area (Å²) in [4.78, 5) is 40.6. The first kappa shape index (κ1) is 15.2. The van der Waals surface area contributed by atoms with Gasteiger partial charge in [-0.15, -0.1) is 0 Å². The summed E-state index contributed by atoms with van der Waals surface area (Å²) >= 11 is 0. The Labute approximate surface area is 148 Å². The molecule has 1 fully saturated rings. The zero-order valence-electron chi connectivity index (χ0n) is 13.7. The van der Waals surface area contributed by atoms with Crippen molar-refractivity contribution in [2.75, 3.05) is 29.7 Å². The van der Waals surface area contributed by atoms with Gasteiger partial charge in [0.05, 0.1) is 30.2 Å². The molecule has 0 saturated carbocycles. The molecular formula is C19H14N2O5. The number of fused-ring (bicyclic) bond motifs is 3. The van der Waals surface area contributed by atoms with Crippen LogP contribution in [0.3, 0.4) is 0 Å². The van der Waals surface area contributed by atoms with Crippen molar-refractivity contribution in [1.82, 2.24) is 0 Å². The molecule has 0 aliphatic carbocycles. The highest BCUT2D eigenvalue weighted by molar-refractivity contribution is 6.52. The average molecular weight is 350 g/mol. The summed E-state index contributed by atoms with van der Waals surface area (Å²) in [5.41, 5.74) is 2.08.